The van der Waals surface area contributed by atoms with Gasteiger partial charge in [0.15, 0.2) is 26.5 Å². The fraction of sp³-hybridized carbons (Fsp3) is 0.744. The van der Waals surface area contributed by atoms with E-state index in [1.54, 1.807) is 12.1 Å². The molecule has 1 aliphatic carbocycles. The Morgan fingerprint density at radius 3 is 2.09 bits per heavy atom. The number of nitrogens with zero attached hydrogens (tertiary/aromatic N) is 1. The summed E-state index contributed by atoms with van der Waals surface area (Å²) in [5.41, 5.74) is -0.111. The van der Waals surface area contributed by atoms with Gasteiger partial charge in [0.05, 0.1) is 24.2 Å². The molecule has 10 heteroatoms. The quantitative estimate of drug-likeness (QED) is 0.0454. The summed E-state index contributed by atoms with van der Waals surface area (Å²) in [5, 5.41) is -0.00664. The summed E-state index contributed by atoms with van der Waals surface area (Å²) >= 11 is 0. The fourth-order valence-electron chi connectivity index (χ4n) is 7.37. The van der Waals surface area contributed by atoms with Crippen LogP contribution in [-0.2, 0) is 28.2 Å². The van der Waals surface area contributed by atoms with Crippen LogP contribution >= 0.6 is 0 Å². The van der Waals surface area contributed by atoms with Crippen molar-refractivity contribution >= 4 is 32.4 Å². The van der Waals surface area contributed by atoms with Crippen molar-refractivity contribution in [3.05, 3.63) is 54.6 Å². The van der Waals surface area contributed by atoms with E-state index >= 15 is 8.42 Å². The average molecular weight is 790 g/mol. The molecular formula is C43H75NO6SSi2. The second kappa shape index (κ2) is 17.7. The van der Waals surface area contributed by atoms with Gasteiger partial charge in [-0.3, -0.25) is 9.69 Å². The van der Waals surface area contributed by atoms with Crippen molar-refractivity contribution in [2.75, 3.05) is 13.7 Å². The molecule has 1 aliphatic heterocycles. The number of hydrogen-bond donors (Lipinski definition) is 0. The van der Waals surface area contributed by atoms with Gasteiger partial charge in [-0.2, -0.15) is 0 Å². The first-order valence-corrected chi connectivity index (χ1v) is 27.5. The molecule has 0 amide bonds. The van der Waals surface area contributed by atoms with Crippen LogP contribution in [0.5, 0.6) is 0 Å². The number of carbonyl (C=O) groups is 1. The number of carbonyl (C=O) groups excluding carboxylic acids is 1. The Kier molecular flexibility index (Phi) is 15.3. The number of unbranched alkanes of at least 4 members (excludes halogenated alkanes) is 3. The van der Waals surface area contributed by atoms with E-state index in [2.05, 4.69) is 118 Å². The van der Waals surface area contributed by atoms with Crippen molar-refractivity contribution in [3.8, 4) is 0 Å². The van der Waals surface area contributed by atoms with Gasteiger partial charge < -0.3 is 13.6 Å². The van der Waals surface area contributed by atoms with Crippen LogP contribution in [0.2, 0.25) is 36.3 Å². The lowest BCUT2D eigenvalue weighted by Gasteiger charge is -2.43. The van der Waals surface area contributed by atoms with Crippen LogP contribution in [0.15, 0.2) is 59.5 Å². The van der Waals surface area contributed by atoms with E-state index in [9.17, 15) is 4.79 Å². The van der Waals surface area contributed by atoms with E-state index in [0.717, 1.165) is 32.2 Å². The number of rotatable bonds is 19. The van der Waals surface area contributed by atoms with Gasteiger partial charge in [-0.05, 0) is 94.3 Å². The zero-order valence-corrected chi connectivity index (χ0v) is 38.7. The zero-order chi connectivity index (χ0) is 40.1. The molecule has 0 N–H and O–H groups in total. The first-order valence-electron chi connectivity index (χ1n) is 20.2. The first-order chi connectivity index (χ1) is 24.4. The molecule has 1 unspecified atom stereocenters. The highest BCUT2D eigenvalue weighted by Gasteiger charge is 2.68. The molecule has 53 heavy (non-hydrogen) atoms. The van der Waals surface area contributed by atoms with E-state index < -0.39 is 37.1 Å². The summed E-state index contributed by atoms with van der Waals surface area (Å²) < 4.78 is 49.5. The summed E-state index contributed by atoms with van der Waals surface area (Å²) in [4.78, 5) is 14.6. The van der Waals surface area contributed by atoms with Gasteiger partial charge in [-0.25, -0.2) is 8.42 Å². The van der Waals surface area contributed by atoms with E-state index in [4.69, 9.17) is 13.6 Å². The second-order valence-electron chi connectivity index (χ2n) is 19.3. The molecule has 1 aromatic carbocycles. The van der Waals surface area contributed by atoms with Crippen LogP contribution in [0.3, 0.4) is 0 Å². The van der Waals surface area contributed by atoms with Crippen LogP contribution in [0.1, 0.15) is 120 Å². The van der Waals surface area contributed by atoms with Crippen LogP contribution < -0.4 is 0 Å². The molecule has 0 aromatic heterocycles. The monoisotopic (exact) mass is 789 g/mol. The van der Waals surface area contributed by atoms with Gasteiger partial charge in [0.1, 0.15) is 4.75 Å². The first kappa shape index (κ1) is 45.8. The van der Waals surface area contributed by atoms with Gasteiger partial charge in [0.25, 0.3) is 0 Å². The Morgan fingerprint density at radius 2 is 1.57 bits per heavy atom. The second-order valence-corrected chi connectivity index (χ2v) is 31.1. The van der Waals surface area contributed by atoms with Crippen LogP contribution in [-0.4, -0.2) is 78.1 Å². The molecule has 1 heterocycles. The SMILES string of the molecule is CCCCC[C@@H](/C=C/[C@H]1[C@H](O[Si](C)(C)C(C)(C)C)C[C@H](N2CC2(C)C)[C@@]1(C/C=C\CCCC(=O)OC)S(=O)(=O)c1ccccc1)O[Si](C)(C)C(C)(C)C. The predicted octanol–water partition coefficient (Wildman–Crippen LogP) is 10.9. The minimum atomic E-state index is -3.93. The Hall–Kier alpha value is -1.57. The highest BCUT2D eigenvalue weighted by molar-refractivity contribution is 7.93. The van der Waals surface area contributed by atoms with Crippen LogP contribution in [0.4, 0.5) is 0 Å². The van der Waals surface area contributed by atoms with Crippen molar-refractivity contribution in [2.24, 2.45) is 5.92 Å². The number of sulfone groups is 1. The molecular weight excluding hydrogens is 715 g/mol. The maximum Gasteiger partial charge on any atom is 0.305 e. The molecule has 0 spiro atoms. The van der Waals surface area contributed by atoms with Crippen LogP contribution in [0, 0.1) is 5.92 Å². The van der Waals surface area contributed by atoms with Crippen molar-refractivity contribution in [1.82, 2.24) is 4.90 Å². The Morgan fingerprint density at radius 1 is 0.962 bits per heavy atom. The van der Waals surface area contributed by atoms with Crippen LogP contribution in [0.25, 0.3) is 0 Å². The lowest BCUT2D eigenvalue weighted by molar-refractivity contribution is -0.140. The molecule has 1 aromatic rings. The van der Waals surface area contributed by atoms with Gasteiger partial charge in [-0.1, -0.05) is 110 Å². The largest absolute Gasteiger partial charge is 0.469 e. The lowest BCUT2D eigenvalue weighted by atomic mass is 9.87. The number of esters is 1. The van der Waals surface area contributed by atoms with Gasteiger partial charge in [0.2, 0.25) is 0 Å². The number of ether oxygens (including phenoxy) is 1. The van der Waals surface area contributed by atoms with Gasteiger partial charge in [-0.15, -0.1) is 0 Å². The maximum atomic E-state index is 15.7. The minimum absolute atomic E-state index is 0.0418. The maximum absolute atomic E-state index is 15.7. The third-order valence-electron chi connectivity index (χ3n) is 12.9. The number of allylic oxidation sites excluding steroid dienone is 2. The molecule has 2 fully saturated rings. The highest BCUT2D eigenvalue weighted by atomic mass is 32.2. The average Bonchev–Trinajstić information content (AvgIpc) is 3.57. The van der Waals surface area contributed by atoms with Crippen molar-refractivity contribution in [2.45, 2.75) is 190 Å². The van der Waals surface area contributed by atoms with Crippen molar-refractivity contribution in [1.29, 1.82) is 0 Å². The lowest BCUT2D eigenvalue weighted by Crippen LogP contribution is -2.54. The summed E-state index contributed by atoms with van der Waals surface area (Å²) in [5.74, 6) is -0.648. The number of hydrogen-bond acceptors (Lipinski definition) is 7. The zero-order valence-electron chi connectivity index (χ0n) is 35.9. The fourth-order valence-corrected chi connectivity index (χ4v) is 12.5. The summed E-state index contributed by atoms with van der Waals surface area (Å²) in [6.07, 6.45) is 15.0. The summed E-state index contributed by atoms with van der Waals surface area (Å²) in [6.45, 7) is 30.3. The molecule has 6 atom stereocenters. The molecule has 2 aliphatic rings. The molecule has 302 valence electrons. The smallest absolute Gasteiger partial charge is 0.305 e. The highest BCUT2D eigenvalue weighted by Crippen LogP contribution is 2.56. The van der Waals surface area contributed by atoms with Gasteiger partial charge >= 0.3 is 5.97 Å². The van der Waals surface area contributed by atoms with E-state index in [1.807, 2.05) is 18.2 Å². The standard InChI is InChI=1S/C43H75NO6SSi2/c1-15-16-20-25-34(49-52(11,12)40(2,3)4)29-30-36-37(50-53(13,14)41(5,6)7)32-38(44-33-42(44,8)9)43(36,31-24-18-17-23-28-39(45)48-10)51(46,47)35-26-21-19-22-27-35/h18-19,21-22,24,26-27,29-30,34,36-38H,15-17,20,23,25,28,31-33H2,1-14H3/b24-18-,30-29+/t34-,36-,37+,38-,43-,44?/m0/s1. The topological polar surface area (TPSA) is 81.9 Å². The molecule has 7 nitrogen and oxygen atoms in total. The molecule has 1 saturated heterocycles. The molecule has 0 bridgehead atoms. The van der Waals surface area contributed by atoms with Crippen molar-refractivity contribution < 1.29 is 26.8 Å². The summed E-state index contributed by atoms with van der Waals surface area (Å²) in [6, 6.07) is 8.81. The third-order valence-corrected chi connectivity index (χ3v) is 24.5. The van der Waals surface area contributed by atoms with Crippen molar-refractivity contribution in [3.63, 3.8) is 0 Å². The number of methoxy groups -OCH3 is 1. The van der Waals surface area contributed by atoms with Gasteiger partial charge in [0, 0.05) is 30.5 Å². The van der Waals surface area contributed by atoms with E-state index in [-0.39, 0.29) is 39.8 Å². The Labute approximate surface area is 326 Å². The number of benzene rings is 1. The van der Waals surface area contributed by atoms with E-state index in [0.29, 0.717) is 37.0 Å². The Bertz CT molecular complexity index is 1510. The third kappa shape index (κ3) is 10.8. The predicted molar refractivity (Wildman–Crippen MR) is 226 cm³/mol. The molecule has 3 rings (SSSR count). The summed E-state index contributed by atoms with van der Waals surface area (Å²) in [7, 11) is -7.00. The Balaban J connectivity index is 2.30. The normalized spacial score (nSPS) is 26.0. The molecule has 0 radical (unpaired) electrons. The van der Waals surface area contributed by atoms with E-state index in [1.165, 1.54) is 7.11 Å². The minimum Gasteiger partial charge on any atom is -0.469 e. The molecule has 1 saturated carbocycles.